The molecule has 0 spiro atoms. The Kier molecular flexibility index (Phi) is 3.24. The van der Waals surface area contributed by atoms with Gasteiger partial charge in [-0.25, -0.2) is 0 Å². The van der Waals surface area contributed by atoms with E-state index in [1.807, 2.05) is 0 Å². The third-order valence-corrected chi connectivity index (χ3v) is 3.80. The Morgan fingerprint density at radius 2 is 1.87 bits per heavy atom. The zero-order valence-electron chi connectivity index (χ0n) is 8.82. The van der Waals surface area contributed by atoms with E-state index >= 15 is 0 Å². The van der Waals surface area contributed by atoms with Crippen molar-refractivity contribution in [2.45, 2.75) is 50.7 Å². The van der Waals surface area contributed by atoms with Gasteiger partial charge in [-0.2, -0.15) is 13.2 Å². The van der Waals surface area contributed by atoms with Crippen LogP contribution in [0, 0.1) is 11.8 Å². The minimum Gasteiger partial charge on any atom is -0.314 e. The lowest BCUT2D eigenvalue weighted by molar-refractivity contribution is -0.183. The Hall–Kier alpha value is -0.250. The van der Waals surface area contributed by atoms with Crippen LogP contribution in [0.5, 0.6) is 0 Å². The summed E-state index contributed by atoms with van der Waals surface area (Å²) in [6, 6.07) is 0.107. The first-order valence-corrected chi connectivity index (χ1v) is 5.86. The predicted octanol–water partition coefficient (Wildman–Crippen LogP) is 3.11. The molecular weight excluding hydrogens is 203 g/mol. The maximum absolute atomic E-state index is 12.5. The van der Waals surface area contributed by atoms with E-state index < -0.39 is 12.1 Å². The number of rotatable bonds is 2. The van der Waals surface area contributed by atoms with Gasteiger partial charge in [-0.15, -0.1) is 0 Å². The highest BCUT2D eigenvalue weighted by molar-refractivity contribution is 4.85. The average molecular weight is 221 g/mol. The molecule has 1 N–H and O–H groups in total. The Morgan fingerprint density at radius 1 is 1.13 bits per heavy atom. The molecule has 2 atom stereocenters. The molecule has 1 saturated carbocycles. The highest BCUT2D eigenvalue weighted by Gasteiger charge is 2.42. The zero-order chi connectivity index (χ0) is 10.9. The summed E-state index contributed by atoms with van der Waals surface area (Å²) in [5.41, 5.74) is 0. The molecule has 88 valence electrons. The summed E-state index contributed by atoms with van der Waals surface area (Å²) in [5.74, 6) is -0.377. The maximum Gasteiger partial charge on any atom is 0.391 e. The van der Waals surface area contributed by atoms with E-state index in [9.17, 15) is 13.2 Å². The molecule has 2 unspecified atom stereocenters. The van der Waals surface area contributed by atoms with Crippen LogP contribution in [0.25, 0.3) is 0 Å². The number of hydrogen-bond acceptors (Lipinski definition) is 1. The molecule has 4 heteroatoms. The number of piperidine rings is 1. The van der Waals surface area contributed by atoms with E-state index in [0.29, 0.717) is 18.9 Å². The Bertz CT molecular complexity index is 210. The Balaban J connectivity index is 1.81. The van der Waals surface area contributed by atoms with Crippen LogP contribution in [0.15, 0.2) is 0 Å². The highest BCUT2D eigenvalue weighted by atomic mass is 19.4. The van der Waals surface area contributed by atoms with Crippen LogP contribution in [-0.4, -0.2) is 18.8 Å². The van der Waals surface area contributed by atoms with Crippen molar-refractivity contribution in [3.63, 3.8) is 0 Å². The van der Waals surface area contributed by atoms with Gasteiger partial charge in [0.15, 0.2) is 0 Å². The molecule has 0 bridgehead atoms. The molecular formula is C11H18F3N. The summed E-state index contributed by atoms with van der Waals surface area (Å²) in [7, 11) is 0. The molecule has 0 aromatic rings. The van der Waals surface area contributed by atoms with Gasteiger partial charge in [-0.3, -0.25) is 0 Å². The molecule has 2 aliphatic rings. The smallest absolute Gasteiger partial charge is 0.314 e. The van der Waals surface area contributed by atoms with E-state index in [-0.39, 0.29) is 12.5 Å². The first kappa shape index (κ1) is 11.2. The summed E-state index contributed by atoms with van der Waals surface area (Å²) < 4.78 is 37.6. The standard InChI is InChI=1S/C11H18F3N/c12-11(13,14)9-4-5-15-10(7-9)6-8-2-1-3-8/h8-10,15H,1-7H2. The number of halogens is 3. The van der Waals surface area contributed by atoms with Gasteiger partial charge in [0.1, 0.15) is 0 Å². The summed E-state index contributed by atoms with van der Waals surface area (Å²) in [6.45, 7) is 0.529. The number of hydrogen-bond donors (Lipinski definition) is 1. The fourth-order valence-electron chi connectivity index (χ4n) is 2.61. The van der Waals surface area contributed by atoms with Crippen LogP contribution in [0.1, 0.15) is 38.5 Å². The van der Waals surface area contributed by atoms with E-state index in [1.54, 1.807) is 0 Å². The first-order chi connectivity index (χ1) is 7.05. The predicted molar refractivity (Wildman–Crippen MR) is 52.5 cm³/mol. The maximum atomic E-state index is 12.5. The van der Waals surface area contributed by atoms with Crippen LogP contribution in [0.3, 0.4) is 0 Å². The highest BCUT2D eigenvalue weighted by Crippen LogP contribution is 2.37. The fraction of sp³-hybridized carbons (Fsp3) is 1.00. The third-order valence-electron chi connectivity index (χ3n) is 3.80. The molecule has 15 heavy (non-hydrogen) atoms. The molecule has 1 heterocycles. The molecule has 0 aromatic heterocycles. The normalized spacial score (nSPS) is 33.8. The average Bonchev–Trinajstić information content (AvgIpc) is 2.11. The van der Waals surface area contributed by atoms with Crippen molar-refractivity contribution in [2.24, 2.45) is 11.8 Å². The SMILES string of the molecule is FC(F)(F)C1CCNC(CC2CCC2)C1. The molecule has 2 fully saturated rings. The minimum absolute atomic E-state index is 0.107. The van der Waals surface area contributed by atoms with Gasteiger partial charge in [0, 0.05) is 6.04 Å². The first-order valence-electron chi connectivity index (χ1n) is 5.86. The number of nitrogens with one attached hydrogen (secondary N) is 1. The van der Waals surface area contributed by atoms with E-state index in [4.69, 9.17) is 0 Å². The second kappa shape index (κ2) is 4.32. The summed E-state index contributed by atoms with van der Waals surface area (Å²) >= 11 is 0. The Labute approximate surface area is 88.4 Å². The topological polar surface area (TPSA) is 12.0 Å². The van der Waals surface area contributed by atoms with Crippen molar-refractivity contribution in [1.82, 2.24) is 5.32 Å². The molecule has 1 aliphatic heterocycles. The van der Waals surface area contributed by atoms with E-state index in [1.165, 1.54) is 19.3 Å². The molecule has 0 amide bonds. The summed E-state index contributed by atoms with van der Waals surface area (Å²) in [5, 5.41) is 3.22. The van der Waals surface area contributed by atoms with Crippen LogP contribution < -0.4 is 5.32 Å². The second-order valence-corrected chi connectivity index (χ2v) is 4.95. The van der Waals surface area contributed by atoms with E-state index in [0.717, 1.165) is 6.42 Å². The largest absolute Gasteiger partial charge is 0.391 e. The monoisotopic (exact) mass is 221 g/mol. The lowest BCUT2D eigenvalue weighted by Gasteiger charge is -2.36. The van der Waals surface area contributed by atoms with Crippen molar-refractivity contribution in [1.29, 1.82) is 0 Å². The van der Waals surface area contributed by atoms with Crippen LogP contribution >= 0.6 is 0 Å². The fourth-order valence-corrected chi connectivity index (χ4v) is 2.61. The number of alkyl halides is 3. The third kappa shape index (κ3) is 2.86. The van der Waals surface area contributed by atoms with E-state index in [2.05, 4.69) is 5.32 Å². The van der Waals surface area contributed by atoms with Crippen molar-refractivity contribution in [2.75, 3.05) is 6.54 Å². The molecule has 2 rings (SSSR count). The molecule has 1 aliphatic carbocycles. The van der Waals surface area contributed by atoms with Gasteiger partial charge in [-0.1, -0.05) is 19.3 Å². The van der Waals surface area contributed by atoms with Gasteiger partial charge >= 0.3 is 6.18 Å². The minimum atomic E-state index is -3.99. The van der Waals surface area contributed by atoms with Crippen molar-refractivity contribution >= 4 is 0 Å². The van der Waals surface area contributed by atoms with Gasteiger partial charge in [0.05, 0.1) is 5.92 Å². The zero-order valence-corrected chi connectivity index (χ0v) is 8.82. The second-order valence-electron chi connectivity index (χ2n) is 4.95. The lowest BCUT2D eigenvalue weighted by atomic mass is 9.78. The van der Waals surface area contributed by atoms with Crippen molar-refractivity contribution in [3.05, 3.63) is 0 Å². The van der Waals surface area contributed by atoms with Crippen LogP contribution in [-0.2, 0) is 0 Å². The summed E-state index contributed by atoms with van der Waals surface area (Å²) in [4.78, 5) is 0. The van der Waals surface area contributed by atoms with Gasteiger partial charge < -0.3 is 5.32 Å². The molecule has 0 radical (unpaired) electrons. The van der Waals surface area contributed by atoms with Gasteiger partial charge in [0.25, 0.3) is 0 Å². The summed E-state index contributed by atoms with van der Waals surface area (Å²) in [6.07, 6.45) is 1.21. The molecule has 0 aromatic carbocycles. The lowest BCUT2D eigenvalue weighted by Crippen LogP contribution is -2.44. The van der Waals surface area contributed by atoms with Crippen LogP contribution in [0.2, 0.25) is 0 Å². The van der Waals surface area contributed by atoms with Crippen molar-refractivity contribution < 1.29 is 13.2 Å². The van der Waals surface area contributed by atoms with Gasteiger partial charge in [0.2, 0.25) is 0 Å². The molecule has 1 nitrogen and oxygen atoms in total. The quantitative estimate of drug-likeness (QED) is 0.755. The van der Waals surface area contributed by atoms with Crippen LogP contribution in [0.4, 0.5) is 13.2 Å². The molecule has 1 saturated heterocycles. The van der Waals surface area contributed by atoms with Gasteiger partial charge in [-0.05, 0) is 31.7 Å². The van der Waals surface area contributed by atoms with Crippen molar-refractivity contribution in [3.8, 4) is 0 Å². The Morgan fingerprint density at radius 3 is 2.40 bits per heavy atom.